The van der Waals surface area contributed by atoms with Crippen LogP contribution in [-0.2, 0) is 6.42 Å². The molecule has 0 heterocycles. The molecule has 0 aromatic heterocycles. The molecular weight excluding hydrogens is 180 g/mol. The molecule has 0 aliphatic rings. The maximum Gasteiger partial charge on any atom is 0.0440 e. The molecule has 0 nitrogen and oxygen atoms in total. The smallest absolute Gasteiger partial charge is 0.0440 e. The van der Waals surface area contributed by atoms with Gasteiger partial charge in [-0.3, -0.25) is 0 Å². The molecule has 72 valence electrons. The van der Waals surface area contributed by atoms with E-state index in [1.54, 1.807) is 0 Å². The van der Waals surface area contributed by atoms with E-state index in [1.807, 2.05) is 6.07 Å². The van der Waals surface area contributed by atoms with Crippen LogP contribution in [0.5, 0.6) is 0 Å². The first-order valence-electron chi connectivity index (χ1n) is 4.63. The van der Waals surface area contributed by atoms with E-state index in [4.69, 9.17) is 11.6 Å². The van der Waals surface area contributed by atoms with Gasteiger partial charge in [-0.25, -0.2) is 0 Å². The molecule has 0 spiro atoms. The molecule has 13 heavy (non-hydrogen) atoms. The Bertz CT molecular complexity index is 294. The zero-order valence-electron chi connectivity index (χ0n) is 8.82. The summed E-state index contributed by atoms with van der Waals surface area (Å²) in [6, 6.07) is 6.28. The molecule has 0 amide bonds. The summed E-state index contributed by atoms with van der Waals surface area (Å²) in [5.41, 5.74) is 2.78. The lowest BCUT2D eigenvalue weighted by atomic mass is 9.88. The SMILES string of the molecule is Cc1ccc(CC(C)(C)C)c(Cl)c1. The van der Waals surface area contributed by atoms with Crippen molar-refractivity contribution in [3.8, 4) is 0 Å². The van der Waals surface area contributed by atoms with Gasteiger partial charge >= 0.3 is 0 Å². The topological polar surface area (TPSA) is 0 Å². The Hall–Kier alpha value is -0.490. The van der Waals surface area contributed by atoms with Crippen LogP contribution in [0.15, 0.2) is 18.2 Å². The van der Waals surface area contributed by atoms with Gasteiger partial charge in [-0.1, -0.05) is 44.5 Å². The van der Waals surface area contributed by atoms with Crippen molar-refractivity contribution in [2.24, 2.45) is 5.41 Å². The van der Waals surface area contributed by atoms with E-state index in [0.717, 1.165) is 11.4 Å². The minimum absolute atomic E-state index is 0.304. The summed E-state index contributed by atoms with van der Waals surface area (Å²) in [7, 11) is 0. The number of benzene rings is 1. The fourth-order valence-electron chi connectivity index (χ4n) is 1.37. The summed E-state index contributed by atoms with van der Waals surface area (Å²) < 4.78 is 0. The largest absolute Gasteiger partial charge is 0.0840 e. The predicted molar refractivity (Wildman–Crippen MR) is 59.3 cm³/mol. The molecule has 1 rings (SSSR count). The summed E-state index contributed by atoms with van der Waals surface area (Å²) >= 11 is 6.14. The molecule has 0 radical (unpaired) electrons. The van der Waals surface area contributed by atoms with Gasteiger partial charge in [0.2, 0.25) is 0 Å². The zero-order chi connectivity index (χ0) is 10.1. The minimum atomic E-state index is 0.304. The highest BCUT2D eigenvalue weighted by molar-refractivity contribution is 6.31. The number of rotatable bonds is 1. The van der Waals surface area contributed by atoms with E-state index < -0.39 is 0 Å². The van der Waals surface area contributed by atoms with Crippen molar-refractivity contribution in [1.82, 2.24) is 0 Å². The van der Waals surface area contributed by atoms with Crippen molar-refractivity contribution in [2.45, 2.75) is 34.1 Å². The van der Waals surface area contributed by atoms with Crippen LogP contribution in [0.1, 0.15) is 31.9 Å². The van der Waals surface area contributed by atoms with E-state index in [0.29, 0.717) is 5.41 Å². The normalized spacial score (nSPS) is 11.8. The van der Waals surface area contributed by atoms with Crippen molar-refractivity contribution in [1.29, 1.82) is 0 Å². The number of aryl methyl sites for hydroxylation is 1. The molecule has 1 aromatic carbocycles. The van der Waals surface area contributed by atoms with Crippen LogP contribution in [0.4, 0.5) is 0 Å². The molecule has 0 bridgehead atoms. The Balaban J connectivity index is 2.90. The number of hydrogen-bond acceptors (Lipinski definition) is 0. The Morgan fingerprint density at radius 2 is 1.85 bits per heavy atom. The number of hydrogen-bond donors (Lipinski definition) is 0. The quantitative estimate of drug-likeness (QED) is 0.631. The van der Waals surface area contributed by atoms with E-state index in [9.17, 15) is 0 Å². The van der Waals surface area contributed by atoms with Crippen molar-refractivity contribution in [2.75, 3.05) is 0 Å². The van der Waals surface area contributed by atoms with Crippen molar-refractivity contribution >= 4 is 11.6 Å². The van der Waals surface area contributed by atoms with E-state index in [-0.39, 0.29) is 0 Å². The van der Waals surface area contributed by atoms with Gasteiger partial charge < -0.3 is 0 Å². The zero-order valence-corrected chi connectivity index (χ0v) is 9.57. The van der Waals surface area contributed by atoms with Crippen molar-refractivity contribution in [3.05, 3.63) is 34.3 Å². The summed E-state index contributed by atoms with van der Waals surface area (Å²) in [5, 5.41) is 0.898. The van der Waals surface area contributed by atoms with Crippen LogP contribution in [0.3, 0.4) is 0 Å². The third-order valence-electron chi connectivity index (χ3n) is 1.93. The van der Waals surface area contributed by atoms with E-state index in [1.165, 1.54) is 11.1 Å². The lowest BCUT2D eigenvalue weighted by molar-refractivity contribution is 0.411. The average molecular weight is 197 g/mol. The molecule has 0 N–H and O–H groups in total. The molecule has 1 aromatic rings. The highest BCUT2D eigenvalue weighted by atomic mass is 35.5. The first-order chi connectivity index (χ1) is 5.88. The summed E-state index contributed by atoms with van der Waals surface area (Å²) in [4.78, 5) is 0. The molecule has 0 aliphatic carbocycles. The molecule has 0 saturated carbocycles. The van der Waals surface area contributed by atoms with Gasteiger partial charge in [0.15, 0.2) is 0 Å². The fraction of sp³-hybridized carbons (Fsp3) is 0.500. The molecule has 0 atom stereocenters. The highest BCUT2D eigenvalue weighted by Gasteiger charge is 2.13. The molecular formula is C12H17Cl. The first kappa shape index (κ1) is 10.6. The minimum Gasteiger partial charge on any atom is -0.0840 e. The standard InChI is InChI=1S/C12H17Cl/c1-9-5-6-10(11(13)7-9)8-12(2,3)4/h5-7H,8H2,1-4H3. The third kappa shape index (κ3) is 3.40. The summed E-state index contributed by atoms with van der Waals surface area (Å²) in [6.45, 7) is 8.74. The lowest BCUT2D eigenvalue weighted by Crippen LogP contribution is -2.09. The van der Waals surface area contributed by atoms with E-state index >= 15 is 0 Å². The van der Waals surface area contributed by atoms with Gasteiger partial charge in [0.1, 0.15) is 0 Å². The third-order valence-corrected chi connectivity index (χ3v) is 2.28. The first-order valence-corrected chi connectivity index (χ1v) is 5.01. The van der Waals surface area contributed by atoms with Gasteiger partial charge in [0.05, 0.1) is 0 Å². The molecule has 0 saturated heterocycles. The second kappa shape index (κ2) is 3.71. The highest BCUT2D eigenvalue weighted by Crippen LogP contribution is 2.26. The van der Waals surface area contributed by atoms with Crippen LogP contribution in [0.2, 0.25) is 5.02 Å². The van der Waals surface area contributed by atoms with Crippen LogP contribution in [0, 0.1) is 12.3 Å². The van der Waals surface area contributed by atoms with Crippen LogP contribution >= 0.6 is 11.6 Å². The van der Waals surface area contributed by atoms with Gasteiger partial charge in [0.25, 0.3) is 0 Å². The average Bonchev–Trinajstić information content (AvgIpc) is 1.93. The Kier molecular flexibility index (Phi) is 3.02. The molecule has 0 unspecified atom stereocenters. The van der Waals surface area contributed by atoms with E-state index in [2.05, 4.69) is 39.8 Å². The van der Waals surface area contributed by atoms with Gasteiger partial charge in [-0.2, -0.15) is 0 Å². The van der Waals surface area contributed by atoms with Gasteiger partial charge in [-0.05, 0) is 36.0 Å². The maximum atomic E-state index is 6.14. The van der Waals surface area contributed by atoms with Crippen molar-refractivity contribution < 1.29 is 0 Å². The Morgan fingerprint density at radius 3 is 2.31 bits per heavy atom. The Labute approximate surface area is 85.9 Å². The number of halogens is 1. The molecule has 0 fully saturated rings. The van der Waals surface area contributed by atoms with Crippen LogP contribution in [0.25, 0.3) is 0 Å². The second-order valence-electron chi connectivity index (χ2n) is 4.83. The fourth-order valence-corrected chi connectivity index (χ4v) is 1.67. The van der Waals surface area contributed by atoms with Gasteiger partial charge in [-0.15, -0.1) is 0 Å². The monoisotopic (exact) mass is 196 g/mol. The van der Waals surface area contributed by atoms with Crippen molar-refractivity contribution in [3.63, 3.8) is 0 Å². The molecule has 0 aliphatic heterocycles. The van der Waals surface area contributed by atoms with Crippen LogP contribution < -0.4 is 0 Å². The molecule has 1 heteroatoms. The second-order valence-corrected chi connectivity index (χ2v) is 5.24. The predicted octanol–water partition coefficient (Wildman–Crippen LogP) is 4.24. The Morgan fingerprint density at radius 1 is 1.23 bits per heavy atom. The lowest BCUT2D eigenvalue weighted by Gasteiger charge is -2.19. The van der Waals surface area contributed by atoms with Gasteiger partial charge in [0, 0.05) is 5.02 Å². The maximum absolute atomic E-state index is 6.14. The summed E-state index contributed by atoms with van der Waals surface area (Å²) in [6.07, 6.45) is 1.03. The van der Waals surface area contributed by atoms with Crippen LogP contribution in [-0.4, -0.2) is 0 Å². The summed E-state index contributed by atoms with van der Waals surface area (Å²) in [5.74, 6) is 0.